The third kappa shape index (κ3) is 21.7. The predicted molar refractivity (Wildman–Crippen MR) is 87.2 cm³/mol. The van der Waals surface area contributed by atoms with Crippen molar-refractivity contribution in [1.29, 1.82) is 0 Å². The van der Waals surface area contributed by atoms with E-state index in [1.165, 1.54) is 38.5 Å². The Hall–Kier alpha value is -0.770. The van der Waals surface area contributed by atoms with Crippen LogP contribution in [-0.2, 0) is 9.59 Å². The van der Waals surface area contributed by atoms with Crippen molar-refractivity contribution < 1.29 is 19.8 Å². The third-order valence-electron chi connectivity index (χ3n) is 3.53. The summed E-state index contributed by atoms with van der Waals surface area (Å²) in [4.78, 5) is 20.6. The summed E-state index contributed by atoms with van der Waals surface area (Å²) >= 11 is 0. The number of carboxylic acids is 2. The molecule has 0 saturated heterocycles. The van der Waals surface area contributed by atoms with Gasteiger partial charge in [0.05, 0.1) is 0 Å². The molecule has 0 aliphatic heterocycles. The van der Waals surface area contributed by atoms with Gasteiger partial charge in [0.15, 0.2) is 0 Å². The molecule has 0 aliphatic rings. The topological polar surface area (TPSA) is 74.6 Å². The number of hydrogen-bond acceptors (Lipinski definition) is 2. The first-order chi connectivity index (χ1) is 9.63. The molecular weight excluding hydrogens is 292 g/mol. The van der Waals surface area contributed by atoms with E-state index in [2.05, 4.69) is 0 Å². The number of carbonyl (C=O) groups is 2. The van der Waals surface area contributed by atoms with Gasteiger partial charge in [-0.25, -0.2) is 0 Å². The van der Waals surface area contributed by atoms with E-state index in [4.69, 9.17) is 10.2 Å². The van der Waals surface area contributed by atoms with Crippen molar-refractivity contribution in [3.63, 3.8) is 0 Å². The van der Waals surface area contributed by atoms with Crippen LogP contribution in [0.15, 0.2) is 0 Å². The molecule has 0 spiro atoms. The minimum atomic E-state index is -0.687. The predicted octanol–water partition coefficient (Wildman–Crippen LogP) is 5.04. The first kappa shape index (κ1) is 22.5. The Morgan fingerprint density at radius 2 is 0.667 bits per heavy atom. The summed E-state index contributed by atoms with van der Waals surface area (Å²) < 4.78 is 0. The van der Waals surface area contributed by atoms with Gasteiger partial charge in [0.2, 0.25) is 0 Å². The van der Waals surface area contributed by atoms with E-state index in [0.717, 1.165) is 38.5 Å². The summed E-state index contributed by atoms with van der Waals surface area (Å²) in [6.45, 7) is 0. The molecule has 0 radical (unpaired) electrons. The lowest BCUT2D eigenvalue weighted by molar-refractivity contribution is -0.138. The van der Waals surface area contributed by atoms with E-state index in [1.54, 1.807) is 0 Å². The molecule has 0 rings (SSSR count). The zero-order valence-electron chi connectivity index (χ0n) is 13.0. The average molecular weight is 323 g/mol. The van der Waals surface area contributed by atoms with Gasteiger partial charge in [0.1, 0.15) is 0 Å². The molecule has 2 N–H and O–H groups in total. The van der Waals surface area contributed by atoms with Crippen LogP contribution in [0.2, 0.25) is 0 Å². The molecule has 0 saturated carbocycles. The molecular formula is C16H31ClO4. The Morgan fingerprint density at radius 1 is 0.476 bits per heavy atom. The van der Waals surface area contributed by atoms with Gasteiger partial charge in [-0.2, -0.15) is 0 Å². The molecule has 0 unspecified atom stereocenters. The first-order valence-electron chi connectivity index (χ1n) is 8.06. The van der Waals surface area contributed by atoms with Gasteiger partial charge in [-0.3, -0.25) is 9.59 Å². The summed E-state index contributed by atoms with van der Waals surface area (Å²) in [5.41, 5.74) is 0. The van der Waals surface area contributed by atoms with Gasteiger partial charge in [-0.05, 0) is 12.8 Å². The molecule has 0 aromatic rings. The lowest BCUT2D eigenvalue weighted by Gasteiger charge is -2.02. The van der Waals surface area contributed by atoms with Crippen molar-refractivity contribution in [1.82, 2.24) is 0 Å². The largest absolute Gasteiger partial charge is 0.481 e. The smallest absolute Gasteiger partial charge is 0.303 e. The van der Waals surface area contributed by atoms with Crippen LogP contribution in [0.25, 0.3) is 0 Å². The van der Waals surface area contributed by atoms with Crippen molar-refractivity contribution in [3.05, 3.63) is 0 Å². The number of aliphatic carboxylic acids is 2. The van der Waals surface area contributed by atoms with Gasteiger partial charge >= 0.3 is 11.9 Å². The summed E-state index contributed by atoms with van der Waals surface area (Å²) in [5.74, 6) is -1.37. The fraction of sp³-hybridized carbons (Fsp3) is 0.875. The Kier molecular flexibility index (Phi) is 18.5. The van der Waals surface area contributed by atoms with Crippen LogP contribution in [0.5, 0.6) is 0 Å². The summed E-state index contributed by atoms with van der Waals surface area (Å²) in [6, 6.07) is 0. The number of carboxylic acid groups (broad SMARTS) is 2. The van der Waals surface area contributed by atoms with E-state index in [-0.39, 0.29) is 12.4 Å². The zero-order valence-corrected chi connectivity index (χ0v) is 13.8. The van der Waals surface area contributed by atoms with Gasteiger partial charge in [-0.1, -0.05) is 64.2 Å². The minimum absolute atomic E-state index is 0. The van der Waals surface area contributed by atoms with E-state index in [9.17, 15) is 9.59 Å². The number of rotatable bonds is 15. The molecule has 5 heteroatoms. The van der Waals surface area contributed by atoms with Gasteiger partial charge in [0, 0.05) is 12.8 Å². The summed E-state index contributed by atoms with van der Waals surface area (Å²) in [6.07, 6.45) is 14.1. The lowest BCUT2D eigenvalue weighted by atomic mass is 10.0. The van der Waals surface area contributed by atoms with Crippen molar-refractivity contribution in [2.45, 2.75) is 89.9 Å². The fourth-order valence-electron chi connectivity index (χ4n) is 2.32. The Bertz CT molecular complexity index is 231. The van der Waals surface area contributed by atoms with Crippen molar-refractivity contribution in [2.24, 2.45) is 0 Å². The standard InChI is InChI=1S/C16H30O4.ClH/c17-15(18)13-11-9-7-5-3-1-2-4-6-8-10-12-14-16(19)20;/h1-14H2,(H,17,18)(H,19,20);1H. The second-order valence-corrected chi connectivity index (χ2v) is 5.53. The maximum Gasteiger partial charge on any atom is 0.303 e. The van der Waals surface area contributed by atoms with Crippen LogP contribution >= 0.6 is 12.4 Å². The minimum Gasteiger partial charge on any atom is -0.481 e. The van der Waals surface area contributed by atoms with E-state index < -0.39 is 11.9 Å². The van der Waals surface area contributed by atoms with E-state index in [1.807, 2.05) is 0 Å². The highest BCUT2D eigenvalue weighted by Gasteiger charge is 1.98. The molecule has 0 heterocycles. The molecule has 4 nitrogen and oxygen atoms in total. The maximum absolute atomic E-state index is 10.3. The van der Waals surface area contributed by atoms with Crippen LogP contribution in [0.4, 0.5) is 0 Å². The van der Waals surface area contributed by atoms with Gasteiger partial charge in [0.25, 0.3) is 0 Å². The number of halogens is 1. The summed E-state index contributed by atoms with van der Waals surface area (Å²) in [5, 5.41) is 17.0. The Morgan fingerprint density at radius 3 is 0.857 bits per heavy atom. The zero-order chi connectivity index (χ0) is 15.1. The van der Waals surface area contributed by atoms with Crippen LogP contribution in [-0.4, -0.2) is 22.2 Å². The Labute approximate surface area is 134 Å². The van der Waals surface area contributed by atoms with Crippen LogP contribution in [0.1, 0.15) is 89.9 Å². The lowest BCUT2D eigenvalue weighted by Crippen LogP contribution is -1.93. The second-order valence-electron chi connectivity index (χ2n) is 5.53. The highest BCUT2D eigenvalue weighted by Crippen LogP contribution is 2.12. The average Bonchev–Trinajstić information content (AvgIpc) is 2.38. The quantitative estimate of drug-likeness (QED) is 0.414. The molecule has 0 aromatic heterocycles. The molecule has 0 fully saturated rings. The highest BCUT2D eigenvalue weighted by atomic mass is 35.5. The van der Waals surface area contributed by atoms with Crippen molar-refractivity contribution in [2.75, 3.05) is 0 Å². The van der Waals surface area contributed by atoms with E-state index >= 15 is 0 Å². The van der Waals surface area contributed by atoms with Crippen molar-refractivity contribution in [3.8, 4) is 0 Å². The van der Waals surface area contributed by atoms with Gasteiger partial charge in [-0.15, -0.1) is 12.4 Å². The molecule has 0 aromatic carbocycles. The monoisotopic (exact) mass is 322 g/mol. The molecule has 0 bridgehead atoms. The number of unbranched alkanes of at least 4 members (excludes halogenated alkanes) is 11. The number of hydrogen-bond donors (Lipinski definition) is 2. The maximum atomic E-state index is 10.3. The molecule has 0 amide bonds. The molecule has 21 heavy (non-hydrogen) atoms. The highest BCUT2D eigenvalue weighted by molar-refractivity contribution is 5.85. The second kappa shape index (κ2) is 17.3. The molecule has 126 valence electrons. The molecule has 0 atom stereocenters. The first-order valence-corrected chi connectivity index (χ1v) is 8.06. The van der Waals surface area contributed by atoms with Crippen molar-refractivity contribution >= 4 is 24.3 Å². The van der Waals surface area contributed by atoms with Crippen LogP contribution < -0.4 is 0 Å². The third-order valence-corrected chi connectivity index (χ3v) is 3.53. The SMILES string of the molecule is Cl.O=C(O)CCCCCCCCCCCCCCC(=O)O. The normalized spacial score (nSPS) is 10.1. The summed E-state index contributed by atoms with van der Waals surface area (Å²) in [7, 11) is 0. The van der Waals surface area contributed by atoms with E-state index in [0.29, 0.717) is 12.8 Å². The Balaban J connectivity index is 0. The van der Waals surface area contributed by atoms with Crippen LogP contribution in [0.3, 0.4) is 0 Å². The molecule has 0 aliphatic carbocycles. The fourth-order valence-corrected chi connectivity index (χ4v) is 2.32. The van der Waals surface area contributed by atoms with Crippen LogP contribution in [0, 0.1) is 0 Å². The van der Waals surface area contributed by atoms with Gasteiger partial charge < -0.3 is 10.2 Å².